The highest BCUT2D eigenvalue weighted by atomic mass is 15.1. The molecule has 0 aromatic heterocycles. The lowest BCUT2D eigenvalue weighted by molar-refractivity contribution is 0.209. The van der Waals surface area contributed by atoms with Crippen LogP contribution >= 0.6 is 0 Å². The van der Waals surface area contributed by atoms with Crippen LogP contribution in [0.1, 0.15) is 32.1 Å². The van der Waals surface area contributed by atoms with Crippen molar-refractivity contribution in [2.75, 3.05) is 32.7 Å². The minimum atomic E-state index is 0.757. The topological polar surface area (TPSA) is 55.3 Å². The summed E-state index contributed by atoms with van der Waals surface area (Å²) in [5.41, 5.74) is 11.2. The van der Waals surface area contributed by atoms with E-state index in [0.717, 1.165) is 32.1 Å². The minimum absolute atomic E-state index is 0.757. The third-order valence-corrected chi connectivity index (χ3v) is 3.13. The summed E-state index contributed by atoms with van der Waals surface area (Å²) in [6.45, 7) is 4.75. The number of nitrogens with zero attached hydrogens (tertiary/aromatic N) is 1. The van der Waals surface area contributed by atoms with Gasteiger partial charge in [-0.2, -0.15) is 0 Å². The van der Waals surface area contributed by atoms with Crippen molar-refractivity contribution in [1.82, 2.24) is 4.90 Å². The van der Waals surface area contributed by atoms with Crippen LogP contribution in [0.3, 0.4) is 0 Å². The molecular weight excluding hydrogens is 174 g/mol. The van der Waals surface area contributed by atoms with Gasteiger partial charge in [-0.1, -0.05) is 19.3 Å². The van der Waals surface area contributed by atoms with Crippen molar-refractivity contribution in [3.63, 3.8) is 0 Å². The summed E-state index contributed by atoms with van der Waals surface area (Å²) in [6.07, 6.45) is 7.09. The lowest BCUT2D eigenvalue weighted by Gasteiger charge is -2.29. The second kappa shape index (κ2) is 7.21. The molecule has 0 heterocycles. The van der Waals surface area contributed by atoms with Crippen molar-refractivity contribution in [1.29, 1.82) is 0 Å². The average Bonchev–Trinajstić information content (AvgIpc) is 2.20. The first-order valence-electron chi connectivity index (χ1n) is 5.99. The van der Waals surface area contributed by atoms with Gasteiger partial charge >= 0.3 is 0 Å². The van der Waals surface area contributed by atoms with Crippen LogP contribution in [-0.4, -0.2) is 37.6 Å². The Morgan fingerprint density at radius 3 is 2.00 bits per heavy atom. The standard InChI is InChI=1S/C11H25N3/c12-6-8-14(9-7-13)10-11-4-2-1-3-5-11/h11H,1-10,12-13H2. The molecule has 3 heteroatoms. The van der Waals surface area contributed by atoms with Crippen molar-refractivity contribution < 1.29 is 0 Å². The molecule has 1 fully saturated rings. The van der Waals surface area contributed by atoms with Crippen LogP contribution in [0.15, 0.2) is 0 Å². The molecule has 0 atom stereocenters. The third kappa shape index (κ3) is 4.40. The van der Waals surface area contributed by atoms with Gasteiger partial charge in [0.05, 0.1) is 0 Å². The molecule has 0 spiro atoms. The van der Waals surface area contributed by atoms with Gasteiger partial charge in [0.2, 0.25) is 0 Å². The Kier molecular flexibility index (Phi) is 6.15. The van der Waals surface area contributed by atoms with Gasteiger partial charge in [-0.05, 0) is 18.8 Å². The van der Waals surface area contributed by atoms with E-state index in [1.54, 1.807) is 0 Å². The van der Waals surface area contributed by atoms with E-state index < -0.39 is 0 Å². The molecule has 1 rings (SSSR count). The van der Waals surface area contributed by atoms with E-state index in [9.17, 15) is 0 Å². The first kappa shape index (κ1) is 12.0. The van der Waals surface area contributed by atoms with E-state index in [0.29, 0.717) is 0 Å². The van der Waals surface area contributed by atoms with Crippen LogP contribution in [0.5, 0.6) is 0 Å². The van der Waals surface area contributed by atoms with E-state index in [4.69, 9.17) is 11.5 Å². The summed E-state index contributed by atoms with van der Waals surface area (Å²) in [4.78, 5) is 2.43. The zero-order valence-electron chi connectivity index (χ0n) is 9.25. The molecule has 0 amide bonds. The molecule has 0 saturated heterocycles. The molecule has 0 aromatic rings. The Labute approximate surface area is 87.8 Å². The second-order valence-electron chi connectivity index (χ2n) is 4.38. The van der Waals surface area contributed by atoms with Gasteiger partial charge in [-0.25, -0.2) is 0 Å². The molecule has 1 aliphatic carbocycles. The van der Waals surface area contributed by atoms with Gasteiger partial charge in [-0.3, -0.25) is 0 Å². The molecule has 0 aromatic carbocycles. The Hall–Kier alpha value is -0.120. The predicted octanol–water partition coefficient (Wildman–Crippen LogP) is 0.786. The summed E-state index contributed by atoms with van der Waals surface area (Å²) in [5, 5.41) is 0. The molecule has 1 saturated carbocycles. The fourth-order valence-corrected chi connectivity index (χ4v) is 2.39. The van der Waals surface area contributed by atoms with Crippen molar-refractivity contribution >= 4 is 0 Å². The highest BCUT2D eigenvalue weighted by Crippen LogP contribution is 2.24. The van der Waals surface area contributed by atoms with Crippen LogP contribution in [0.25, 0.3) is 0 Å². The minimum Gasteiger partial charge on any atom is -0.329 e. The highest BCUT2D eigenvalue weighted by molar-refractivity contribution is 4.70. The molecule has 1 aliphatic rings. The lowest BCUT2D eigenvalue weighted by atomic mass is 9.89. The zero-order chi connectivity index (χ0) is 10.2. The molecule has 0 aliphatic heterocycles. The van der Waals surface area contributed by atoms with E-state index in [1.807, 2.05) is 0 Å². The SMILES string of the molecule is NCCN(CCN)CC1CCCCC1. The van der Waals surface area contributed by atoms with Gasteiger partial charge < -0.3 is 16.4 Å². The maximum absolute atomic E-state index is 5.58. The van der Waals surface area contributed by atoms with Crippen molar-refractivity contribution in [3.8, 4) is 0 Å². The highest BCUT2D eigenvalue weighted by Gasteiger charge is 2.16. The van der Waals surface area contributed by atoms with Crippen molar-refractivity contribution in [2.45, 2.75) is 32.1 Å². The molecular formula is C11H25N3. The molecule has 0 unspecified atom stereocenters. The summed E-state index contributed by atoms with van der Waals surface area (Å²) in [6, 6.07) is 0. The van der Waals surface area contributed by atoms with Gasteiger partial charge in [0, 0.05) is 32.7 Å². The van der Waals surface area contributed by atoms with E-state index in [2.05, 4.69) is 4.90 Å². The Balaban J connectivity index is 2.21. The third-order valence-electron chi connectivity index (χ3n) is 3.13. The summed E-state index contributed by atoms with van der Waals surface area (Å²) in [7, 11) is 0. The fraction of sp³-hybridized carbons (Fsp3) is 1.00. The number of nitrogens with two attached hydrogens (primary N) is 2. The maximum Gasteiger partial charge on any atom is 0.0105 e. The number of hydrogen-bond donors (Lipinski definition) is 2. The molecule has 0 radical (unpaired) electrons. The second-order valence-corrected chi connectivity index (χ2v) is 4.38. The van der Waals surface area contributed by atoms with E-state index in [-0.39, 0.29) is 0 Å². The summed E-state index contributed by atoms with van der Waals surface area (Å²) in [5.74, 6) is 0.904. The largest absolute Gasteiger partial charge is 0.329 e. The van der Waals surface area contributed by atoms with Gasteiger partial charge in [0.25, 0.3) is 0 Å². The smallest absolute Gasteiger partial charge is 0.0105 e. The molecule has 3 nitrogen and oxygen atoms in total. The van der Waals surface area contributed by atoms with Gasteiger partial charge in [0.1, 0.15) is 0 Å². The van der Waals surface area contributed by atoms with Crippen LogP contribution in [-0.2, 0) is 0 Å². The van der Waals surface area contributed by atoms with Gasteiger partial charge in [-0.15, -0.1) is 0 Å². The van der Waals surface area contributed by atoms with Crippen LogP contribution in [0.4, 0.5) is 0 Å². The Bertz CT molecular complexity index is 126. The average molecular weight is 199 g/mol. The van der Waals surface area contributed by atoms with Gasteiger partial charge in [0.15, 0.2) is 0 Å². The summed E-state index contributed by atoms with van der Waals surface area (Å²) >= 11 is 0. The first-order valence-corrected chi connectivity index (χ1v) is 5.99. The molecule has 14 heavy (non-hydrogen) atoms. The molecule has 84 valence electrons. The fourth-order valence-electron chi connectivity index (χ4n) is 2.39. The van der Waals surface area contributed by atoms with Crippen LogP contribution < -0.4 is 11.5 Å². The first-order chi connectivity index (χ1) is 6.86. The number of rotatable bonds is 6. The van der Waals surface area contributed by atoms with Crippen molar-refractivity contribution in [2.24, 2.45) is 17.4 Å². The number of hydrogen-bond acceptors (Lipinski definition) is 3. The van der Waals surface area contributed by atoms with Crippen LogP contribution in [0.2, 0.25) is 0 Å². The van der Waals surface area contributed by atoms with E-state index >= 15 is 0 Å². The van der Waals surface area contributed by atoms with E-state index in [1.165, 1.54) is 38.6 Å². The Morgan fingerprint density at radius 1 is 0.929 bits per heavy atom. The maximum atomic E-state index is 5.58. The Morgan fingerprint density at radius 2 is 1.50 bits per heavy atom. The van der Waals surface area contributed by atoms with Crippen LogP contribution in [0, 0.1) is 5.92 Å². The van der Waals surface area contributed by atoms with Crippen molar-refractivity contribution in [3.05, 3.63) is 0 Å². The molecule has 4 N–H and O–H groups in total. The lowest BCUT2D eigenvalue weighted by Crippen LogP contribution is -2.37. The molecule has 0 bridgehead atoms. The monoisotopic (exact) mass is 199 g/mol. The predicted molar refractivity (Wildman–Crippen MR) is 61.1 cm³/mol. The summed E-state index contributed by atoms with van der Waals surface area (Å²) < 4.78 is 0. The zero-order valence-corrected chi connectivity index (χ0v) is 9.25. The normalized spacial score (nSPS) is 19.1. The quantitative estimate of drug-likeness (QED) is 0.665.